The summed E-state index contributed by atoms with van der Waals surface area (Å²) in [6.45, 7) is 3.82. The first-order valence-corrected chi connectivity index (χ1v) is 10.1. The molecule has 0 radical (unpaired) electrons. The van der Waals surface area contributed by atoms with Crippen molar-refractivity contribution in [1.82, 2.24) is 9.97 Å². The molecule has 2 N–H and O–H groups in total. The molecule has 2 aromatic heterocycles. The number of rotatable bonds is 7. The highest BCUT2D eigenvalue weighted by atomic mass is 32.2. The molecular formula is C20H23N3O4S. The van der Waals surface area contributed by atoms with Gasteiger partial charge in [0.05, 0.1) is 11.7 Å². The molecule has 2 aromatic rings. The van der Waals surface area contributed by atoms with Gasteiger partial charge < -0.3 is 15.2 Å². The summed E-state index contributed by atoms with van der Waals surface area (Å²) in [4.78, 5) is 32.1. The molecule has 0 unspecified atom stereocenters. The predicted octanol–water partition coefficient (Wildman–Crippen LogP) is 4.25. The lowest BCUT2D eigenvalue weighted by Crippen LogP contribution is -2.15. The maximum atomic E-state index is 12.7. The van der Waals surface area contributed by atoms with Crippen LogP contribution in [0.4, 0.5) is 5.82 Å². The topological polar surface area (TPSA) is 101 Å². The Morgan fingerprint density at radius 2 is 1.96 bits per heavy atom. The monoisotopic (exact) mass is 401 g/mol. The average molecular weight is 401 g/mol. The summed E-state index contributed by atoms with van der Waals surface area (Å²) >= 11 is 1.68. The molecule has 0 aliphatic heterocycles. The van der Waals surface area contributed by atoms with Crippen molar-refractivity contribution in [3.05, 3.63) is 41.6 Å². The van der Waals surface area contributed by atoms with Crippen LogP contribution in [0.25, 0.3) is 0 Å². The Bertz CT molecular complexity index is 849. The van der Waals surface area contributed by atoms with Crippen molar-refractivity contribution in [3.8, 4) is 5.88 Å². The second kappa shape index (κ2) is 9.05. The van der Waals surface area contributed by atoms with E-state index in [2.05, 4.69) is 15.3 Å². The van der Waals surface area contributed by atoms with Gasteiger partial charge in [0.2, 0.25) is 5.88 Å². The number of nitrogens with one attached hydrogen (secondary N) is 1. The zero-order valence-electron chi connectivity index (χ0n) is 15.8. The number of thioether (sulfide) groups is 1. The van der Waals surface area contributed by atoms with Crippen LogP contribution in [-0.2, 0) is 0 Å². The molecule has 3 rings (SSSR count). The van der Waals surface area contributed by atoms with Crippen LogP contribution in [0.3, 0.4) is 0 Å². The zero-order valence-corrected chi connectivity index (χ0v) is 16.7. The third kappa shape index (κ3) is 5.45. The first kappa shape index (κ1) is 20.1. The van der Waals surface area contributed by atoms with Gasteiger partial charge in [0.1, 0.15) is 10.8 Å². The molecule has 0 saturated heterocycles. The van der Waals surface area contributed by atoms with Gasteiger partial charge in [-0.15, -0.1) is 11.8 Å². The van der Waals surface area contributed by atoms with Gasteiger partial charge in [-0.3, -0.25) is 4.79 Å². The summed E-state index contributed by atoms with van der Waals surface area (Å²) in [5.41, 5.74) is 0.486. The molecule has 0 bridgehead atoms. The third-order valence-electron chi connectivity index (χ3n) is 4.24. The number of aromatic nitrogens is 2. The summed E-state index contributed by atoms with van der Waals surface area (Å²) in [6.07, 6.45) is 5.92. The first-order chi connectivity index (χ1) is 13.4. The Labute approximate surface area is 167 Å². The number of nitrogens with zero attached hydrogens (tertiary/aromatic N) is 2. The van der Waals surface area contributed by atoms with E-state index < -0.39 is 5.97 Å². The van der Waals surface area contributed by atoms with E-state index in [0.717, 1.165) is 17.9 Å². The lowest BCUT2D eigenvalue weighted by atomic mass is 10.2. The summed E-state index contributed by atoms with van der Waals surface area (Å²) in [6, 6.07) is 6.23. The molecule has 0 atom stereocenters. The fraction of sp³-hybridized carbons (Fsp3) is 0.400. The summed E-state index contributed by atoms with van der Waals surface area (Å²) in [7, 11) is 0. The average Bonchev–Trinajstić information content (AvgIpc) is 3.14. The predicted molar refractivity (Wildman–Crippen MR) is 107 cm³/mol. The molecule has 148 valence electrons. The highest BCUT2D eigenvalue weighted by Crippen LogP contribution is 2.35. The van der Waals surface area contributed by atoms with Crippen LogP contribution in [0.2, 0.25) is 0 Å². The minimum absolute atomic E-state index is 0.0552. The summed E-state index contributed by atoms with van der Waals surface area (Å²) in [5.74, 6) is -0.719. The number of carbonyl (C=O) groups excluding carboxylic acids is 1. The zero-order chi connectivity index (χ0) is 20.1. The van der Waals surface area contributed by atoms with Crippen LogP contribution >= 0.6 is 11.8 Å². The van der Waals surface area contributed by atoms with Gasteiger partial charge in [-0.05, 0) is 44.9 Å². The first-order valence-electron chi connectivity index (χ1n) is 9.27. The SMILES string of the molecule is CC(C)Oc1cc(C(=O)Nc2ccc(C(=O)O)cn2)cc(SC2CCCC2)n1. The number of anilines is 1. The molecule has 1 aliphatic carbocycles. The van der Waals surface area contributed by atoms with Crippen molar-refractivity contribution in [2.45, 2.75) is 55.9 Å². The number of aromatic carboxylic acids is 1. The lowest BCUT2D eigenvalue weighted by molar-refractivity contribution is 0.0696. The van der Waals surface area contributed by atoms with E-state index in [9.17, 15) is 9.59 Å². The highest BCUT2D eigenvalue weighted by Gasteiger charge is 2.19. The van der Waals surface area contributed by atoms with E-state index >= 15 is 0 Å². The van der Waals surface area contributed by atoms with Crippen LogP contribution in [0.5, 0.6) is 5.88 Å². The number of carbonyl (C=O) groups is 2. The van der Waals surface area contributed by atoms with Gasteiger partial charge in [0.15, 0.2) is 0 Å². The van der Waals surface area contributed by atoms with Crippen molar-refractivity contribution in [3.63, 3.8) is 0 Å². The fourth-order valence-corrected chi connectivity index (χ4v) is 4.18. The molecule has 0 spiro atoms. The van der Waals surface area contributed by atoms with Crippen molar-refractivity contribution in [1.29, 1.82) is 0 Å². The minimum atomic E-state index is -1.07. The number of hydrogen-bond donors (Lipinski definition) is 2. The molecule has 0 aromatic carbocycles. The number of ether oxygens (including phenoxy) is 1. The van der Waals surface area contributed by atoms with E-state index in [0.29, 0.717) is 16.7 Å². The molecule has 1 fully saturated rings. The Morgan fingerprint density at radius 3 is 2.57 bits per heavy atom. The minimum Gasteiger partial charge on any atom is -0.478 e. The van der Waals surface area contributed by atoms with Crippen molar-refractivity contribution >= 4 is 29.5 Å². The van der Waals surface area contributed by atoms with E-state index in [1.165, 1.54) is 31.2 Å². The Balaban J connectivity index is 1.79. The smallest absolute Gasteiger partial charge is 0.337 e. The van der Waals surface area contributed by atoms with E-state index in [1.54, 1.807) is 23.9 Å². The van der Waals surface area contributed by atoms with Crippen LogP contribution in [-0.4, -0.2) is 38.3 Å². The quantitative estimate of drug-likeness (QED) is 0.715. The second-order valence-corrected chi connectivity index (χ2v) is 8.24. The number of amides is 1. The Morgan fingerprint density at radius 1 is 1.21 bits per heavy atom. The fourth-order valence-electron chi connectivity index (χ4n) is 2.93. The van der Waals surface area contributed by atoms with Crippen molar-refractivity contribution in [2.75, 3.05) is 5.32 Å². The molecular weight excluding hydrogens is 378 g/mol. The van der Waals surface area contributed by atoms with E-state index in [4.69, 9.17) is 9.84 Å². The molecule has 1 aliphatic rings. The van der Waals surface area contributed by atoms with Crippen LogP contribution < -0.4 is 10.1 Å². The van der Waals surface area contributed by atoms with Crippen molar-refractivity contribution < 1.29 is 19.4 Å². The van der Waals surface area contributed by atoms with Gasteiger partial charge in [-0.1, -0.05) is 12.8 Å². The molecule has 8 heteroatoms. The largest absolute Gasteiger partial charge is 0.478 e. The van der Waals surface area contributed by atoms with E-state index in [-0.39, 0.29) is 23.4 Å². The van der Waals surface area contributed by atoms with Gasteiger partial charge in [-0.25, -0.2) is 14.8 Å². The highest BCUT2D eigenvalue weighted by molar-refractivity contribution is 7.99. The van der Waals surface area contributed by atoms with E-state index in [1.807, 2.05) is 13.8 Å². The Kier molecular flexibility index (Phi) is 6.51. The van der Waals surface area contributed by atoms with Crippen molar-refractivity contribution in [2.24, 2.45) is 0 Å². The lowest BCUT2D eigenvalue weighted by Gasteiger charge is -2.14. The molecule has 28 heavy (non-hydrogen) atoms. The van der Waals surface area contributed by atoms with Crippen LogP contribution in [0.1, 0.15) is 60.2 Å². The second-order valence-electron chi connectivity index (χ2n) is 6.91. The van der Waals surface area contributed by atoms with Crippen LogP contribution in [0.15, 0.2) is 35.5 Å². The molecule has 1 amide bonds. The van der Waals surface area contributed by atoms with Gasteiger partial charge in [0.25, 0.3) is 5.91 Å². The maximum absolute atomic E-state index is 12.7. The van der Waals surface area contributed by atoms with Gasteiger partial charge in [0, 0.05) is 23.1 Å². The molecule has 1 saturated carbocycles. The van der Waals surface area contributed by atoms with Crippen LogP contribution in [0, 0.1) is 0 Å². The summed E-state index contributed by atoms with van der Waals surface area (Å²) < 4.78 is 5.72. The molecule has 2 heterocycles. The van der Waals surface area contributed by atoms with Gasteiger partial charge >= 0.3 is 5.97 Å². The van der Waals surface area contributed by atoms with Gasteiger partial charge in [-0.2, -0.15) is 0 Å². The third-order valence-corrected chi connectivity index (χ3v) is 5.49. The Hall–Kier alpha value is -2.61. The standard InChI is InChI=1S/C20H23N3O4S/c1-12(2)27-17-9-14(10-18(23-17)28-15-5-3-4-6-15)19(24)22-16-8-7-13(11-21-16)20(25)26/h7-12,15H,3-6H2,1-2H3,(H,25,26)(H,21,22,24). The number of carboxylic acids is 1. The normalized spacial score (nSPS) is 14.2. The maximum Gasteiger partial charge on any atom is 0.337 e. The number of hydrogen-bond acceptors (Lipinski definition) is 6. The number of carboxylic acid groups (broad SMARTS) is 1. The number of pyridine rings is 2. The molecule has 7 nitrogen and oxygen atoms in total. The summed E-state index contributed by atoms with van der Waals surface area (Å²) in [5, 5.41) is 12.9.